The van der Waals surface area contributed by atoms with Gasteiger partial charge in [0.1, 0.15) is 5.75 Å². The molecule has 0 aliphatic heterocycles. The zero-order valence-corrected chi connectivity index (χ0v) is 12.8. The van der Waals surface area contributed by atoms with E-state index in [4.69, 9.17) is 9.47 Å². The van der Waals surface area contributed by atoms with Crippen LogP contribution in [-0.4, -0.2) is 18.7 Å². The third-order valence-electron chi connectivity index (χ3n) is 3.09. The van der Waals surface area contributed by atoms with Gasteiger partial charge in [0.15, 0.2) is 0 Å². The van der Waals surface area contributed by atoms with E-state index in [-0.39, 0.29) is 0 Å². The Morgan fingerprint density at radius 1 is 1.19 bits per heavy atom. The van der Waals surface area contributed by atoms with Crippen LogP contribution in [0.4, 0.5) is 5.69 Å². The molecule has 0 amide bonds. The lowest BCUT2D eigenvalue weighted by atomic mass is 10.2. The van der Waals surface area contributed by atoms with Crippen molar-refractivity contribution in [1.82, 2.24) is 4.98 Å². The quantitative estimate of drug-likeness (QED) is 0.840. The van der Waals surface area contributed by atoms with E-state index < -0.39 is 0 Å². The van der Waals surface area contributed by atoms with Crippen molar-refractivity contribution in [3.05, 3.63) is 47.7 Å². The first-order valence-electron chi connectivity index (χ1n) is 7.19. The molecule has 0 spiro atoms. The van der Waals surface area contributed by atoms with Gasteiger partial charge in [0.05, 0.1) is 19.4 Å². The van der Waals surface area contributed by atoms with E-state index in [1.807, 2.05) is 18.3 Å². The van der Waals surface area contributed by atoms with Gasteiger partial charge in [0.2, 0.25) is 5.88 Å². The number of benzene rings is 1. The number of rotatable bonds is 7. The second-order valence-corrected chi connectivity index (χ2v) is 4.91. The second kappa shape index (κ2) is 7.53. The molecule has 0 aliphatic rings. The normalized spacial score (nSPS) is 10.2. The maximum absolute atomic E-state index is 5.79. The van der Waals surface area contributed by atoms with Crippen LogP contribution in [0.2, 0.25) is 0 Å². The number of aryl methyl sites for hydroxylation is 1. The molecule has 0 aliphatic carbocycles. The molecule has 2 rings (SSSR count). The number of ether oxygens (including phenoxy) is 2. The average Bonchev–Trinajstić information content (AvgIpc) is 2.52. The lowest BCUT2D eigenvalue weighted by molar-refractivity contribution is 0.318. The Morgan fingerprint density at radius 2 is 2.05 bits per heavy atom. The van der Waals surface area contributed by atoms with Gasteiger partial charge in [-0.2, -0.15) is 0 Å². The minimum atomic E-state index is 0.626. The smallest absolute Gasteiger partial charge is 0.212 e. The van der Waals surface area contributed by atoms with Gasteiger partial charge < -0.3 is 14.8 Å². The Kier molecular flexibility index (Phi) is 5.43. The van der Waals surface area contributed by atoms with Crippen LogP contribution in [0.25, 0.3) is 0 Å². The predicted octanol–water partition coefficient (Wildman–Crippen LogP) is 3.80. The van der Waals surface area contributed by atoms with Crippen molar-refractivity contribution in [1.29, 1.82) is 0 Å². The number of pyridine rings is 1. The lowest BCUT2D eigenvalue weighted by Gasteiger charge is -2.14. The summed E-state index contributed by atoms with van der Waals surface area (Å²) in [4.78, 5) is 4.20. The summed E-state index contributed by atoms with van der Waals surface area (Å²) in [6.45, 7) is 5.59. The average molecular weight is 286 g/mol. The molecule has 4 heteroatoms. The van der Waals surface area contributed by atoms with Crippen molar-refractivity contribution in [2.45, 2.75) is 26.8 Å². The summed E-state index contributed by atoms with van der Waals surface area (Å²) in [6.07, 6.45) is 2.81. The zero-order valence-electron chi connectivity index (χ0n) is 12.8. The van der Waals surface area contributed by atoms with E-state index in [0.717, 1.165) is 30.0 Å². The van der Waals surface area contributed by atoms with Gasteiger partial charge in [-0.05, 0) is 36.6 Å². The number of aromatic nitrogens is 1. The highest BCUT2D eigenvalue weighted by atomic mass is 16.5. The lowest BCUT2D eigenvalue weighted by Crippen LogP contribution is -2.04. The molecule has 0 radical (unpaired) electrons. The minimum Gasteiger partial charge on any atom is -0.491 e. The van der Waals surface area contributed by atoms with Gasteiger partial charge in [-0.3, -0.25) is 0 Å². The van der Waals surface area contributed by atoms with E-state index in [1.54, 1.807) is 7.11 Å². The van der Waals surface area contributed by atoms with Gasteiger partial charge in [-0.25, -0.2) is 4.98 Å². The Balaban J connectivity index is 2.04. The second-order valence-electron chi connectivity index (χ2n) is 4.91. The molecule has 1 aromatic heterocycles. The summed E-state index contributed by atoms with van der Waals surface area (Å²) in [5, 5.41) is 3.40. The van der Waals surface area contributed by atoms with Crippen molar-refractivity contribution in [3.63, 3.8) is 0 Å². The molecule has 0 saturated carbocycles. The fourth-order valence-corrected chi connectivity index (χ4v) is 1.94. The largest absolute Gasteiger partial charge is 0.491 e. The van der Waals surface area contributed by atoms with E-state index in [1.165, 1.54) is 5.56 Å². The molecule has 0 bridgehead atoms. The number of nitrogens with zero attached hydrogens (tertiary/aromatic N) is 1. The molecule has 0 unspecified atom stereocenters. The summed E-state index contributed by atoms with van der Waals surface area (Å²) in [5.41, 5.74) is 3.29. The van der Waals surface area contributed by atoms with Gasteiger partial charge in [-0.1, -0.05) is 19.1 Å². The molecule has 21 heavy (non-hydrogen) atoms. The monoisotopic (exact) mass is 286 g/mol. The molecule has 112 valence electrons. The number of anilines is 1. The molecule has 2 aromatic rings. The molecular weight excluding hydrogens is 264 g/mol. The van der Waals surface area contributed by atoms with Crippen LogP contribution >= 0.6 is 0 Å². The highest BCUT2D eigenvalue weighted by molar-refractivity contribution is 5.57. The Hall–Kier alpha value is -2.23. The third kappa shape index (κ3) is 4.38. The fourth-order valence-electron chi connectivity index (χ4n) is 1.94. The maximum atomic E-state index is 5.79. The Morgan fingerprint density at radius 3 is 2.71 bits per heavy atom. The molecular formula is C17H22N2O2. The summed E-state index contributed by atoms with van der Waals surface area (Å²) >= 11 is 0. The van der Waals surface area contributed by atoms with Crippen molar-refractivity contribution >= 4 is 5.69 Å². The number of methoxy groups -OCH3 is 1. The van der Waals surface area contributed by atoms with E-state index in [9.17, 15) is 0 Å². The van der Waals surface area contributed by atoms with Crippen LogP contribution in [0, 0.1) is 6.92 Å². The van der Waals surface area contributed by atoms with Crippen LogP contribution in [0.1, 0.15) is 24.5 Å². The van der Waals surface area contributed by atoms with Crippen LogP contribution in [-0.2, 0) is 6.54 Å². The van der Waals surface area contributed by atoms with Crippen molar-refractivity contribution < 1.29 is 9.47 Å². The van der Waals surface area contributed by atoms with E-state index in [0.29, 0.717) is 12.4 Å². The van der Waals surface area contributed by atoms with Gasteiger partial charge in [0, 0.05) is 18.8 Å². The molecule has 0 atom stereocenters. The SMILES string of the molecule is CCCOc1cc(C)ccc1NCc1ccc(OC)nc1. The topological polar surface area (TPSA) is 43.4 Å². The van der Waals surface area contributed by atoms with E-state index in [2.05, 4.69) is 42.3 Å². The molecule has 0 fully saturated rings. The zero-order chi connectivity index (χ0) is 15.1. The summed E-state index contributed by atoms with van der Waals surface area (Å²) < 4.78 is 10.9. The van der Waals surface area contributed by atoms with Gasteiger partial charge in [-0.15, -0.1) is 0 Å². The Labute approximate surface area is 126 Å². The summed E-state index contributed by atoms with van der Waals surface area (Å²) in [5.74, 6) is 1.53. The third-order valence-corrected chi connectivity index (χ3v) is 3.09. The standard InChI is InChI=1S/C17H22N2O2/c1-4-9-21-16-10-13(2)5-7-15(16)18-11-14-6-8-17(20-3)19-12-14/h5-8,10,12,18H,4,9,11H2,1-3H3. The van der Waals surface area contributed by atoms with Crippen LogP contribution in [0.15, 0.2) is 36.5 Å². The maximum Gasteiger partial charge on any atom is 0.212 e. The number of nitrogens with one attached hydrogen (secondary N) is 1. The van der Waals surface area contributed by atoms with Crippen LogP contribution < -0.4 is 14.8 Å². The van der Waals surface area contributed by atoms with E-state index >= 15 is 0 Å². The number of hydrogen-bond donors (Lipinski definition) is 1. The van der Waals surface area contributed by atoms with Crippen molar-refractivity contribution in [2.24, 2.45) is 0 Å². The van der Waals surface area contributed by atoms with Gasteiger partial charge in [0.25, 0.3) is 0 Å². The first kappa shape index (κ1) is 15.2. The van der Waals surface area contributed by atoms with Crippen molar-refractivity contribution in [3.8, 4) is 11.6 Å². The minimum absolute atomic E-state index is 0.626. The molecule has 1 aromatic carbocycles. The summed E-state index contributed by atoms with van der Waals surface area (Å²) in [7, 11) is 1.61. The first-order chi connectivity index (χ1) is 10.2. The highest BCUT2D eigenvalue weighted by Gasteiger charge is 2.04. The molecule has 0 saturated heterocycles. The predicted molar refractivity (Wildman–Crippen MR) is 85.1 cm³/mol. The van der Waals surface area contributed by atoms with Crippen molar-refractivity contribution in [2.75, 3.05) is 19.0 Å². The molecule has 1 N–H and O–H groups in total. The highest BCUT2D eigenvalue weighted by Crippen LogP contribution is 2.26. The first-order valence-corrected chi connectivity index (χ1v) is 7.19. The fraction of sp³-hybridized carbons (Fsp3) is 0.353. The van der Waals surface area contributed by atoms with Gasteiger partial charge >= 0.3 is 0 Å². The molecule has 4 nitrogen and oxygen atoms in total. The van der Waals surface area contributed by atoms with Crippen LogP contribution in [0.5, 0.6) is 11.6 Å². The van der Waals surface area contributed by atoms with Crippen LogP contribution in [0.3, 0.4) is 0 Å². The number of hydrogen-bond acceptors (Lipinski definition) is 4. The Bertz CT molecular complexity index is 568. The molecule has 1 heterocycles. The summed E-state index contributed by atoms with van der Waals surface area (Å²) in [6, 6.07) is 10.1.